The molecule has 2 amide bonds. The number of carbonyl (C=O) groups excluding carboxylic acids is 2. The molecule has 0 bridgehead atoms. The highest BCUT2D eigenvalue weighted by atomic mass is 32.2. The van der Waals surface area contributed by atoms with Crippen molar-refractivity contribution in [2.75, 3.05) is 31.2 Å². The van der Waals surface area contributed by atoms with Crippen LogP contribution in [0, 0.1) is 0 Å². The summed E-state index contributed by atoms with van der Waals surface area (Å²) in [4.78, 5) is 30.1. The molecule has 4 rings (SSSR count). The van der Waals surface area contributed by atoms with E-state index in [-0.39, 0.29) is 29.5 Å². The molecule has 0 radical (unpaired) electrons. The molecule has 0 aromatic carbocycles. The lowest BCUT2D eigenvalue weighted by molar-refractivity contribution is -0.120. The number of ether oxygens (including phenoxy) is 1. The van der Waals surface area contributed by atoms with Crippen LogP contribution in [0.1, 0.15) is 42.6 Å². The molecule has 3 heterocycles. The van der Waals surface area contributed by atoms with E-state index in [0.29, 0.717) is 45.4 Å². The van der Waals surface area contributed by atoms with Crippen molar-refractivity contribution in [1.82, 2.24) is 9.88 Å². The minimum absolute atomic E-state index is 0.0500. The Hall–Kier alpha value is -1.78. The molecule has 10 heteroatoms. The van der Waals surface area contributed by atoms with Crippen LogP contribution in [0.15, 0.2) is 21.4 Å². The smallest absolute Gasteiger partial charge is 0.275 e. The van der Waals surface area contributed by atoms with Crippen LogP contribution in [-0.2, 0) is 19.3 Å². The molecule has 2 saturated heterocycles. The summed E-state index contributed by atoms with van der Waals surface area (Å²) in [5, 5.41) is 9.83. The number of oxazole rings is 1. The summed E-state index contributed by atoms with van der Waals surface area (Å²) in [7, 11) is -2.64. The second-order valence-electron chi connectivity index (χ2n) is 7.70. The maximum atomic E-state index is 12.9. The molecule has 9 nitrogen and oxygen atoms in total. The zero-order chi connectivity index (χ0) is 19.1. The van der Waals surface area contributed by atoms with E-state index in [1.165, 1.54) is 12.7 Å². The fourth-order valence-electron chi connectivity index (χ4n) is 3.63. The number of aromatic nitrogens is 1. The first-order chi connectivity index (χ1) is 12.8. The number of nitrogens with zero attached hydrogens (tertiary/aromatic N) is 3. The molecule has 1 aromatic heterocycles. The zero-order valence-electron chi connectivity index (χ0n) is 15.0. The molecule has 27 heavy (non-hydrogen) atoms. The van der Waals surface area contributed by atoms with Gasteiger partial charge in [0.05, 0.1) is 40.5 Å². The van der Waals surface area contributed by atoms with E-state index in [1.807, 2.05) is 0 Å². The van der Waals surface area contributed by atoms with Crippen molar-refractivity contribution in [3.63, 3.8) is 0 Å². The third-order valence-corrected chi connectivity index (χ3v) is 7.74. The lowest BCUT2D eigenvalue weighted by atomic mass is 9.94. The Balaban J connectivity index is 1.40. The molecule has 0 atom stereocenters. The predicted molar refractivity (Wildman–Crippen MR) is 94.4 cm³/mol. The lowest BCUT2D eigenvalue weighted by Gasteiger charge is -2.45. The van der Waals surface area contributed by atoms with Crippen molar-refractivity contribution >= 4 is 21.5 Å². The Kier molecular flexibility index (Phi) is 4.59. The maximum absolute atomic E-state index is 12.9. The number of amides is 2. The van der Waals surface area contributed by atoms with E-state index in [0.717, 1.165) is 0 Å². The zero-order valence-corrected chi connectivity index (χ0v) is 15.8. The van der Waals surface area contributed by atoms with Crippen LogP contribution in [0.5, 0.6) is 0 Å². The first kappa shape index (κ1) is 18.6. The van der Waals surface area contributed by atoms with Gasteiger partial charge in [-0.2, -0.15) is 4.36 Å². The Labute approximate surface area is 157 Å². The van der Waals surface area contributed by atoms with E-state index in [2.05, 4.69) is 9.35 Å². The van der Waals surface area contributed by atoms with Gasteiger partial charge < -0.3 is 19.2 Å². The number of rotatable bonds is 3. The van der Waals surface area contributed by atoms with Gasteiger partial charge in [0.2, 0.25) is 0 Å². The molecule has 1 aliphatic carbocycles. The third kappa shape index (κ3) is 4.07. The van der Waals surface area contributed by atoms with Gasteiger partial charge in [0, 0.05) is 18.1 Å². The molecule has 2 aliphatic heterocycles. The first-order valence-electron chi connectivity index (χ1n) is 9.10. The molecular formula is C17H23N3O6S. The van der Waals surface area contributed by atoms with Gasteiger partial charge >= 0.3 is 0 Å². The Morgan fingerprint density at radius 1 is 1.30 bits per heavy atom. The van der Waals surface area contributed by atoms with Crippen molar-refractivity contribution in [2.45, 2.75) is 43.3 Å². The highest BCUT2D eigenvalue weighted by Crippen LogP contribution is 2.39. The summed E-state index contributed by atoms with van der Waals surface area (Å²) in [5.74, 6) is -0.189. The molecule has 1 saturated carbocycles. The normalized spacial score (nSPS) is 32.3. The fourth-order valence-corrected chi connectivity index (χ4v) is 5.83. The quantitative estimate of drug-likeness (QED) is 0.792. The second kappa shape index (κ2) is 6.68. The van der Waals surface area contributed by atoms with Crippen LogP contribution in [0.4, 0.5) is 0 Å². The van der Waals surface area contributed by atoms with Crippen LogP contribution in [0.2, 0.25) is 0 Å². The molecule has 1 N–H and O–H groups in total. The van der Waals surface area contributed by atoms with Crippen molar-refractivity contribution in [3.8, 4) is 0 Å². The Morgan fingerprint density at radius 3 is 2.67 bits per heavy atom. The van der Waals surface area contributed by atoms with Gasteiger partial charge in [0.25, 0.3) is 11.8 Å². The van der Waals surface area contributed by atoms with Crippen LogP contribution < -0.4 is 0 Å². The standard InChI is InChI=1S/C17H23N3O6S/c21-14(9-16(23)1-2-16)19-27(24)7-3-17(4-8-27)11-20(5-6-26-17)15(22)13-10-25-12-18-13/h10,12,23H,1-9,11H2. The van der Waals surface area contributed by atoms with Crippen molar-refractivity contribution in [3.05, 3.63) is 18.4 Å². The van der Waals surface area contributed by atoms with E-state index in [9.17, 15) is 18.9 Å². The van der Waals surface area contributed by atoms with E-state index in [4.69, 9.17) is 9.15 Å². The average Bonchev–Trinajstić information content (AvgIpc) is 3.11. The molecule has 0 unspecified atom stereocenters. The molecule has 3 fully saturated rings. The largest absolute Gasteiger partial charge is 0.451 e. The van der Waals surface area contributed by atoms with Gasteiger partial charge in [-0.25, -0.2) is 9.19 Å². The van der Waals surface area contributed by atoms with Gasteiger partial charge in [0.15, 0.2) is 12.1 Å². The average molecular weight is 397 g/mol. The summed E-state index contributed by atoms with van der Waals surface area (Å²) in [6.07, 6.45) is 4.62. The predicted octanol–water partition coefficient (Wildman–Crippen LogP) is 0.589. The summed E-state index contributed by atoms with van der Waals surface area (Å²) in [5.41, 5.74) is -1.24. The van der Waals surface area contributed by atoms with Crippen molar-refractivity contribution in [2.24, 2.45) is 4.36 Å². The second-order valence-corrected chi connectivity index (χ2v) is 10.2. The minimum Gasteiger partial charge on any atom is -0.451 e. The molecule has 148 valence electrons. The SMILES string of the molecule is O=C(CC1(O)CC1)N=S1(=O)CCC2(CC1)CN(C(=O)c1cocn1)CCO2. The van der Waals surface area contributed by atoms with E-state index in [1.54, 1.807) is 4.90 Å². The van der Waals surface area contributed by atoms with Gasteiger partial charge in [0.1, 0.15) is 6.26 Å². The molecule has 1 spiro atoms. The summed E-state index contributed by atoms with van der Waals surface area (Å²) in [6, 6.07) is 0. The van der Waals surface area contributed by atoms with Gasteiger partial charge in [-0.1, -0.05) is 0 Å². The molecule has 1 aromatic rings. The number of hydrogen-bond donors (Lipinski definition) is 1. The van der Waals surface area contributed by atoms with Crippen LogP contribution in [0.3, 0.4) is 0 Å². The third-order valence-electron chi connectivity index (χ3n) is 5.52. The highest BCUT2D eigenvalue weighted by Gasteiger charge is 2.44. The van der Waals surface area contributed by atoms with Crippen molar-refractivity contribution < 1.29 is 28.1 Å². The lowest BCUT2D eigenvalue weighted by Crippen LogP contribution is -2.56. The monoisotopic (exact) mass is 397 g/mol. The first-order valence-corrected chi connectivity index (χ1v) is 11.0. The topological polar surface area (TPSA) is 122 Å². The number of morpholine rings is 1. The Morgan fingerprint density at radius 2 is 2.04 bits per heavy atom. The maximum Gasteiger partial charge on any atom is 0.275 e. The van der Waals surface area contributed by atoms with Gasteiger partial charge in [-0.3, -0.25) is 9.59 Å². The summed E-state index contributed by atoms with van der Waals surface area (Å²) >= 11 is 0. The fraction of sp³-hybridized carbons (Fsp3) is 0.706. The van der Waals surface area contributed by atoms with Gasteiger partial charge in [-0.15, -0.1) is 0 Å². The van der Waals surface area contributed by atoms with E-state index >= 15 is 0 Å². The van der Waals surface area contributed by atoms with Crippen LogP contribution >= 0.6 is 0 Å². The number of hydrogen-bond acceptors (Lipinski definition) is 7. The van der Waals surface area contributed by atoms with Crippen LogP contribution in [0.25, 0.3) is 0 Å². The van der Waals surface area contributed by atoms with Crippen LogP contribution in [-0.4, -0.2) is 73.4 Å². The Bertz CT molecular complexity index is 840. The summed E-state index contributed by atoms with van der Waals surface area (Å²) < 4.78 is 27.7. The van der Waals surface area contributed by atoms with E-state index < -0.39 is 26.8 Å². The number of aliphatic hydroxyl groups is 1. The van der Waals surface area contributed by atoms with Crippen molar-refractivity contribution in [1.29, 1.82) is 0 Å². The molecule has 3 aliphatic rings. The highest BCUT2D eigenvalue weighted by molar-refractivity contribution is 7.93. The number of carbonyl (C=O) groups is 2. The van der Waals surface area contributed by atoms with Gasteiger partial charge in [-0.05, 0) is 25.7 Å². The molecular weight excluding hydrogens is 374 g/mol. The summed E-state index contributed by atoms with van der Waals surface area (Å²) in [6.45, 7) is 1.25. The minimum atomic E-state index is -2.64.